The molecule has 18 heavy (non-hydrogen) atoms. The highest BCUT2D eigenvalue weighted by Crippen LogP contribution is 2.29. The van der Waals surface area contributed by atoms with Gasteiger partial charge in [-0.15, -0.1) is 0 Å². The number of halogens is 1. The summed E-state index contributed by atoms with van der Waals surface area (Å²) < 4.78 is 1.83. The molecule has 0 bridgehead atoms. The van der Waals surface area contributed by atoms with Crippen LogP contribution in [0, 0.1) is 0 Å². The summed E-state index contributed by atoms with van der Waals surface area (Å²) in [6, 6.07) is -0.0432. The third-order valence-corrected chi connectivity index (χ3v) is 3.40. The highest BCUT2D eigenvalue weighted by molar-refractivity contribution is 9.10. The number of amides is 2. The topological polar surface area (TPSA) is 107 Å². The number of aromatic nitrogens is 2. The van der Waals surface area contributed by atoms with Gasteiger partial charge >= 0.3 is 0 Å². The molecule has 0 aromatic carbocycles. The molecule has 2 rings (SSSR count). The molecule has 0 unspecified atom stereocenters. The first-order valence-corrected chi connectivity index (χ1v) is 5.99. The molecule has 0 saturated carbocycles. The maximum Gasteiger partial charge on any atom is 0.255 e. The Kier molecular flexibility index (Phi) is 3.12. The molecule has 0 aliphatic carbocycles. The molecule has 0 radical (unpaired) electrons. The Morgan fingerprint density at radius 3 is 2.56 bits per heavy atom. The zero-order valence-electron chi connectivity index (χ0n) is 9.47. The lowest BCUT2D eigenvalue weighted by Crippen LogP contribution is -2.50. The van der Waals surface area contributed by atoms with E-state index in [4.69, 9.17) is 11.5 Å². The van der Waals surface area contributed by atoms with Crippen molar-refractivity contribution in [2.24, 2.45) is 5.73 Å². The van der Waals surface area contributed by atoms with Crippen LogP contribution in [0.1, 0.15) is 16.4 Å². The van der Waals surface area contributed by atoms with Crippen LogP contribution in [0.2, 0.25) is 0 Å². The van der Waals surface area contributed by atoms with Gasteiger partial charge in [-0.25, -0.2) is 4.68 Å². The quantitative estimate of drug-likeness (QED) is 0.759. The number of rotatable bonds is 3. The second kappa shape index (κ2) is 4.45. The molecule has 1 aliphatic heterocycles. The Balaban J connectivity index is 2.18. The minimum absolute atomic E-state index is 0.0432. The lowest BCUT2D eigenvalue weighted by Gasteiger charge is -2.38. The van der Waals surface area contributed by atoms with Gasteiger partial charge in [-0.1, -0.05) is 6.58 Å². The van der Waals surface area contributed by atoms with Crippen molar-refractivity contribution in [2.75, 3.05) is 18.8 Å². The molecule has 1 saturated heterocycles. The highest BCUT2D eigenvalue weighted by Gasteiger charge is 2.34. The van der Waals surface area contributed by atoms with Crippen molar-refractivity contribution in [1.82, 2.24) is 14.7 Å². The van der Waals surface area contributed by atoms with Crippen molar-refractivity contribution in [3.05, 3.63) is 22.8 Å². The van der Waals surface area contributed by atoms with E-state index in [9.17, 15) is 9.59 Å². The number of carbonyl (C=O) groups excluding carboxylic acids is 2. The molecule has 0 atom stereocenters. The number of likely N-dealkylation sites (tertiary alicyclic amines) is 1. The maximum absolute atomic E-state index is 11.3. The molecule has 2 heterocycles. The van der Waals surface area contributed by atoms with Crippen LogP contribution in [-0.2, 0) is 4.79 Å². The number of nitrogen functional groups attached to an aromatic ring is 1. The summed E-state index contributed by atoms with van der Waals surface area (Å²) in [6.45, 7) is 4.39. The SMILES string of the molecule is C=CC(=O)N1CC(n2nc(Br)c(C(N)=O)c2N)C1. The normalized spacial score (nSPS) is 15.3. The van der Waals surface area contributed by atoms with Crippen LogP contribution < -0.4 is 11.5 Å². The largest absolute Gasteiger partial charge is 0.383 e. The number of nitrogens with two attached hydrogens (primary N) is 2. The molecule has 8 heteroatoms. The predicted octanol–water partition coefficient (Wildman–Crippen LogP) is -0.104. The van der Waals surface area contributed by atoms with Gasteiger partial charge in [0.05, 0.1) is 6.04 Å². The number of hydrogen-bond donors (Lipinski definition) is 2. The van der Waals surface area contributed by atoms with Crippen molar-refractivity contribution >= 4 is 33.6 Å². The Morgan fingerprint density at radius 2 is 2.11 bits per heavy atom. The van der Waals surface area contributed by atoms with Crippen LogP contribution in [0.5, 0.6) is 0 Å². The smallest absolute Gasteiger partial charge is 0.255 e. The molecule has 2 amide bonds. The summed E-state index contributed by atoms with van der Waals surface area (Å²) in [5, 5.41) is 4.12. The average molecular weight is 314 g/mol. The van der Waals surface area contributed by atoms with E-state index in [1.54, 1.807) is 4.90 Å². The summed E-state index contributed by atoms with van der Waals surface area (Å²) in [6.07, 6.45) is 1.26. The summed E-state index contributed by atoms with van der Waals surface area (Å²) in [4.78, 5) is 24.1. The van der Waals surface area contributed by atoms with Gasteiger partial charge in [0, 0.05) is 13.1 Å². The van der Waals surface area contributed by atoms with E-state index in [0.717, 1.165) is 0 Å². The molecule has 0 spiro atoms. The molecule has 1 fully saturated rings. The monoisotopic (exact) mass is 313 g/mol. The predicted molar refractivity (Wildman–Crippen MR) is 68.7 cm³/mol. The molecule has 4 N–H and O–H groups in total. The zero-order valence-corrected chi connectivity index (χ0v) is 11.1. The van der Waals surface area contributed by atoms with Crippen LogP contribution in [-0.4, -0.2) is 39.6 Å². The van der Waals surface area contributed by atoms with E-state index in [0.29, 0.717) is 17.7 Å². The molecule has 1 aromatic rings. The van der Waals surface area contributed by atoms with Crippen LogP contribution in [0.3, 0.4) is 0 Å². The van der Waals surface area contributed by atoms with Crippen LogP contribution >= 0.6 is 15.9 Å². The number of anilines is 1. The highest BCUT2D eigenvalue weighted by atomic mass is 79.9. The Hall–Kier alpha value is -1.83. The van der Waals surface area contributed by atoms with Crippen molar-refractivity contribution in [3.63, 3.8) is 0 Å². The first-order valence-electron chi connectivity index (χ1n) is 5.20. The van der Waals surface area contributed by atoms with Crippen LogP contribution in [0.15, 0.2) is 17.3 Å². The van der Waals surface area contributed by atoms with Gasteiger partial charge in [-0.2, -0.15) is 5.10 Å². The number of hydrogen-bond acceptors (Lipinski definition) is 4. The van der Waals surface area contributed by atoms with Crippen molar-refractivity contribution in [1.29, 1.82) is 0 Å². The first-order chi connectivity index (χ1) is 8.45. The minimum Gasteiger partial charge on any atom is -0.383 e. The van der Waals surface area contributed by atoms with Crippen LogP contribution in [0.4, 0.5) is 5.82 Å². The van der Waals surface area contributed by atoms with Gasteiger partial charge in [-0.05, 0) is 22.0 Å². The third-order valence-electron chi connectivity index (χ3n) is 2.85. The lowest BCUT2D eigenvalue weighted by molar-refractivity contribution is -0.131. The van der Waals surface area contributed by atoms with E-state index in [1.807, 2.05) is 0 Å². The molecule has 1 aromatic heterocycles. The number of nitrogens with zero attached hydrogens (tertiary/aromatic N) is 3. The first kappa shape index (κ1) is 12.6. The Bertz CT molecular complexity index is 533. The maximum atomic E-state index is 11.3. The van der Waals surface area contributed by atoms with Gasteiger partial charge in [0.15, 0.2) is 0 Å². The van der Waals surface area contributed by atoms with Gasteiger partial charge in [0.25, 0.3) is 5.91 Å². The standard InChI is InChI=1S/C10H12BrN5O2/c1-2-6(17)15-3-5(4-15)16-9(12)7(10(13)18)8(11)14-16/h2,5H,1,3-4,12H2,(H2,13,18). The lowest BCUT2D eigenvalue weighted by atomic mass is 10.1. The Morgan fingerprint density at radius 1 is 1.50 bits per heavy atom. The average Bonchev–Trinajstić information content (AvgIpc) is 2.52. The minimum atomic E-state index is -0.635. The van der Waals surface area contributed by atoms with Crippen LogP contribution in [0.25, 0.3) is 0 Å². The summed E-state index contributed by atoms with van der Waals surface area (Å²) in [5.41, 5.74) is 11.2. The van der Waals surface area contributed by atoms with E-state index >= 15 is 0 Å². The van der Waals surface area contributed by atoms with Crippen molar-refractivity contribution in [3.8, 4) is 0 Å². The summed E-state index contributed by atoms with van der Waals surface area (Å²) in [5.74, 6) is -0.555. The van der Waals surface area contributed by atoms with Crippen molar-refractivity contribution < 1.29 is 9.59 Å². The molecule has 7 nitrogen and oxygen atoms in total. The molecular formula is C10H12BrN5O2. The third kappa shape index (κ3) is 1.88. The van der Waals surface area contributed by atoms with E-state index < -0.39 is 5.91 Å². The molecular weight excluding hydrogens is 302 g/mol. The molecule has 96 valence electrons. The van der Waals surface area contributed by atoms with E-state index in [2.05, 4.69) is 27.6 Å². The second-order valence-electron chi connectivity index (χ2n) is 3.96. The number of carbonyl (C=O) groups is 2. The Labute approximate surface area is 112 Å². The second-order valence-corrected chi connectivity index (χ2v) is 4.71. The molecule has 1 aliphatic rings. The van der Waals surface area contributed by atoms with Gasteiger partial charge in [0.1, 0.15) is 16.0 Å². The van der Waals surface area contributed by atoms with Gasteiger partial charge in [0.2, 0.25) is 5.91 Å². The fourth-order valence-electron chi connectivity index (χ4n) is 1.84. The van der Waals surface area contributed by atoms with Gasteiger partial charge < -0.3 is 16.4 Å². The van der Waals surface area contributed by atoms with Gasteiger partial charge in [-0.3, -0.25) is 9.59 Å². The van der Waals surface area contributed by atoms with E-state index in [-0.39, 0.29) is 23.3 Å². The van der Waals surface area contributed by atoms with E-state index in [1.165, 1.54) is 10.8 Å². The fourth-order valence-corrected chi connectivity index (χ4v) is 2.41. The fraction of sp³-hybridized carbons (Fsp3) is 0.300. The number of primary amides is 1. The summed E-state index contributed by atoms with van der Waals surface area (Å²) in [7, 11) is 0. The summed E-state index contributed by atoms with van der Waals surface area (Å²) >= 11 is 3.14. The zero-order chi connectivity index (χ0) is 13.4. The van der Waals surface area contributed by atoms with Crippen molar-refractivity contribution in [2.45, 2.75) is 6.04 Å².